The van der Waals surface area contributed by atoms with Gasteiger partial charge in [0, 0.05) is 46.5 Å². The number of benzene rings is 2. The van der Waals surface area contributed by atoms with Gasteiger partial charge in [0.05, 0.1) is 10.5 Å². The molecule has 8 nitrogen and oxygen atoms in total. The van der Waals surface area contributed by atoms with E-state index in [1.54, 1.807) is 12.1 Å². The zero-order valence-corrected chi connectivity index (χ0v) is 21.2. The fourth-order valence-electron chi connectivity index (χ4n) is 4.82. The number of hydrogen-bond acceptors (Lipinski definition) is 7. The van der Waals surface area contributed by atoms with E-state index in [1.807, 2.05) is 38.1 Å². The van der Waals surface area contributed by atoms with Crippen molar-refractivity contribution in [2.75, 3.05) is 5.32 Å². The second-order valence-corrected chi connectivity index (χ2v) is 11.2. The molecule has 0 fully saturated rings. The molecule has 0 spiro atoms. The van der Waals surface area contributed by atoms with Crippen molar-refractivity contribution in [1.29, 1.82) is 0 Å². The second-order valence-electron chi connectivity index (χ2n) is 9.79. The number of thioether (sulfide) groups is 1. The van der Waals surface area contributed by atoms with Crippen molar-refractivity contribution in [1.82, 2.24) is 9.97 Å². The number of non-ortho nitro benzene ring substituents is 1. The summed E-state index contributed by atoms with van der Waals surface area (Å²) in [6.45, 7) is 4.07. The summed E-state index contributed by atoms with van der Waals surface area (Å²) in [6.07, 6.45) is 0.978. The summed E-state index contributed by atoms with van der Waals surface area (Å²) in [7, 11) is 0. The van der Waals surface area contributed by atoms with Crippen molar-refractivity contribution in [2.24, 2.45) is 5.41 Å². The molecule has 0 saturated carbocycles. The van der Waals surface area contributed by atoms with Gasteiger partial charge in [-0.15, -0.1) is 0 Å². The third-order valence-electron chi connectivity index (χ3n) is 6.43. The minimum atomic E-state index is -0.660. The Labute approximate surface area is 216 Å². The minimum absolute atomic E-state index is 0.0386. The summed E-state index contributed by atoms with van der Waals surface area (Å²) in [4.78, 5) is 45.0. The van der Waals surface area contributed by atoms with Crippen LogP contribution >= 0.6 is 23.4 Å². The molecule has 0 saturated heterocycles. The fraction of sp³-hybridized carbons (Fsp3) is 0.269. The first kappa shape index (κ1) is 24.3. The molecule has 2 aromatic carbocycles. The van der Waals surface area contributed by atoms with E-state index < -0.39 is 10.8 Å². The van der Waals surface area contributed by atoms with Gasteiger partial charge in [0.2, 0.25) is 0 Å². The van der Waals surface area contributed by atoms with Crippen molar-refractivity contribution in [3.05, 3.63) is 102 Å². The number of aromatic nitrogens is 2. The van der Waals surface area contributed by atoms with Gasteiger partial charge in [0.25, 0.3) is 11.2 Å². The highest BCUT2D eigenvalue weighted by atomic mass is 35.5. The first-order valence-electron chi connectivity index (χ1n) is 11.4. The van der Waals surface area contributed by atoms with Crippen LogP contribution in [0.25, 0.3) is 0 Å². The number of carbonyl (C=O) groups excluding carboxylic acids is 1. The number of anilines is 1. The maximum Gasteiger partial charge on any atom is 0.269 e. The summed E-state index contributed by atoms with van der Waals surface area (Å²) < 4.78 is 0. The van der Waals surface area contributed by atoms with Gasteiger partial charge in [-0.25, -0.2) is 4.98 Å². The second kappa shape index (κ2) is 9.22. The number of fused-ring (bicyclic) bond motifs is 1. The lowest BCUT2D eigenvalue weighted by atomic mass is 9.69. The largest absolute Gasteiger partial charge is 0.343 e. The van der Waals surface area contributed by atoms with Crippen LogP contribution in [-0.4, -0.2) is 20.7 Å². The smallest absolute Gasteiger partial charge is 0.269 e. The SMILES string of the molecule is CC1(C)CC(=O)C2=C(C1)Nc1nc(SCc3ccc(Cl)cc3)[nH]c(=O)c1[C@H]2c1ccc([N+](=O)[O-])cc1. The molecule has 3 aromatic rings. The van der Waals surface area contributed by atoms with Crippen molar-refractivity contribution in [3.8, 4) is 0 Å². The Kier molecular flexibility index (Phi) is 6.22. The van der Waals surface area contributed by atoms with Crippen molar-refractivity contribution in [3.63, 3.8) is 0 Å². The summed E-state index contributed by atoms with van der Waals surface area (Å²) >= 11 is 7.36. The summed E-state index contributed by atoms with van der Waals surface area (Å²) in [6, 6.07) is 13.5. The molecule has 0 bridgehead atoms. The first-order valence-corrected chi connectivity index (χ1v) is 12.8. The Morgan fingerprint density at radius 2 is 1.81 bits per heavy atom. The van der Waals surface area contributed by atoms with E-state index in [0.717, 1.165) is 11.3 Å². The monoisotopic (exact) mass is 522 g/mol. The van der Waals surface area contributed by atoms with Gasteiger partial charge in [0.1, 0.15) is 5.82 Å². The van der Waals surface area contributed by atoms with Gasteiger partial charge < -0.3 is 10.3 Å². The predicted molar refractivity (Wildman–Crippen MR) is 139 cm³/mol. The zero-order chi connectivity index (χ0) is 25.6. The molecule has 2 heterocycles. The molecular formula is C26H23ClN4O4S. The minimum Gasteiger partial charge on any atom is -0.343 e. The number of allylic oxidation sites excluding steroid dienone is 2. The molecular weight excluding hydrogens is 500 g/mol. The molecule has 184 valence electrons. The number of H-pyrrole nitrogens is 1. The van der Waals surface area contributed by atoms with E-state index in [4.69, 9.17) is 16.6 Å². The molecule has 1 atom stereocenters. The number of halogens is 1. The van der Waals surface area contributed by atoms with E-state index in [0.29, 0.717) is 51.3 Å². The van der Waals surface area contributed by atoms with Crippen molar-refractivity contribution < 1.29 is 9.72 Å². The Hall–Kier alpha value is -3.43. The van der Waals surface area contributed by atoms with Crippen LogP contribution in [0.2, 0.25) is 5.02 Å². The van der Waals surface area contributed by atoms with E-state index in [-0.39, 0.29) is 22.4 Å². The highest BCUT2D eigenvalue weighted by Crippen LogP contribution is 2.47. The van der Waals surface area contributed by atoms with E-state index in [2.05, 4.69) is 10.3 Å². The van der Waals surface area contributed by atoms with Crippen molar-refractivity contribution >= 4 is 40.7 Å². The van der Waals surface area contributed by atoms with E-state index in [1.165, 1.54) is 23.9 Å². The van der Waals surface area contributed by atoms with Crippen LogP contribution in [0.15, 0.2) is 69.8 Å². The van der Waals surface area contributed by atoms with Gasteiger partial charge in [-0.1, -0.05) is 61.5 Å². The van der Waals surface area contributed by atoms with Crippen LogP contribution < -0.4 is 10.9 Å². The molecule has 0 unspecified atom stereocenters. The van der Waals surface area contributed by atoms with Crippen LogP contribution in [0.4, 0.5) is 11.5 Å². The normalized spacial score (nSPS) is 18.3. The van der Waals surface area contributed by atoms with Crippen LogP contribution in [0.3, 0.4) is 0 Å². The molecule has 1 aliphatic carbocycles. The molecule has 36 heavy (non-hydrogen) atoms. The average Bonchev–Trinajstić information content (AvgIpc) is 2.81. The molecule has 2 N–H and O–H groups in total. The van der Waals surface area contributed by atoms with Gasteiger partial charge in [0.15, 0.2) is 10.9 Å². The highest BCUT2D eigenvalue weighted by Gasteiger charge is 2.42. The van der Waals surface area contributed by atoms with Crippen LogP contribution in [0.5, 0.6) is 0 Å². The third-order valence-corrected chi connectivity index (χ3v) is 7.62. The number of nitrogens with zero attached hydrogens (tertiary/aromatic N) is 2. The lowest BCUT2D eigenvalue weighted by molar-refractivity contribution is -0.384. The van der Waals surface area contributed by atoms with Gasteiger partial charge in [-0.3, -0.25) is 19.7 Å². The highest BCUT2D eigenvalue weighted by molar-refractivity contribution is 7.98. The molecule has 0 radical (unpaired) electrons. The molecule has 0 amide bonds. The maximum absolute atomic E-state index is 13.4. The number of ketones is 1. The number of aromatic amines is 1. The number of nitro benzene ring substituents is 1. The first-order chi connectivity index (χ1) is 17.1. The number of nitro groups is 1. The van der Waals surface area contributed by atoms with Crippen molar-refractivity contribution in [2.45, 2.75) is 43.5 Å². The molecule has 10 heteroatoms. The number of rotatable bonds is 5. The van der Waals surface area contributed by atoms with Gasteiger partial charge in [-0.2, -0.15) is 0 Å². The fourth-order valence-corrected chi connectivity index (χ4v) is 5.76. The third kappa shape index (κ3) is 4.68. The molecule has 5 rings (SSSR count). The molecule has 1 aromatic heterocycles. The van der Waals surface area contributed by atoms with E-state index in [9.17, 15) is 19.7 Å². The number of nitrogens with one attached hydrogen (secondary N) is 2. The van der Waals surface area contributed by atoms with Gasteiger partial charge in [-0.05, 0) is 35.1 Å². The number of hydrogen-bond donors (Lipinski definition) is 2. The summed E-state index contributed by atoms with van der Waals surface area (Å²) in [5.41, 5.74) is 2.64. The molecule has 1 aliphatic heterocycles. The Morgan fingerprint density at radius 1 is 1.11 bits per heavy atom. The van der Waals surface area contributed by atoms with Gasteiger partial charge >= 0.3 is 0 Å². The average molecular weight is 523 g/mol. The lowest BCUT2D eigenvalue weighted by Crippen LogP contribution is -2.37. The maximum atomic E-state index is 13.4. The topological polar surface area (TPSA) is 118 Å². The Balaban J connectivity index is 1.57. The number of carbonyl (C=O) groups is 1. The zero-order valence-electron chi connectivity index (χ0n) is 19.6. The standard InChI is InChI=1S/C26H23ClN4O4S/c1-26(2)11-18-21(19(32)12-26)20(15-5-9-17(10-6-15)31(34)35)22-23(28-18)29-25(30-24(22)33)36-13-14-3-7-16(27)8-4-14/h3-10,20H,11-13H2,1-2H3,(H2,28,29,30,33)/t20-/m0/s1. The summed E-state index contributed by atoms with van der Waals surface area (Å²) in [5, 5.41) is 15.6. The number of Topliss-reactive ketones (excluding diaryl/α,β-unsaturated/α-hetero) is 1. The van der Waals surface area contributed by atoms with Crippen LogP contribution in [-0.2, 0) is 10.5 Å². The van der Waals surface area contributed by atoms with Crippen LogP contribution in [0.1, 0.15) is 49.3 Å². The quantitative estimate of drug-likeness (QED) is 0.187. The predicted octanol–water partition coefficient (Wildman–Crippen LogP) is 5.82. The Morgan fingerprint density at radius 3 is 2.47 bits per heavy atom. The molecule has 2 aliphatic rings. The summed E-state index contributed by atoms with van der Waals surface area (Å²) in [5.74, 6) is 0.296. The van der Waals surface area contributed by atoms with Crippen LogP contribution in [0, 0.1) is 15.5 Å². The lowest BCUT2D eigenvalue weighted by Gasteiger charge is -2.38. The Bertz CT molecular complexity index is 1460. The van der Waals surface area contributed by atoms with E-state index >= 15 is 0 Å².